The van der Waals surface area contributed by atoms with Crippen LogP contribution in [-0.4, -0.2) is 30.3 Å². The molecule has 1 amide bonds. The highest BCUT2D eigenvalue weighted by Crippen LogP contribution is 2.36. The van der Waals surface area contributed by atoms with Crippen molar-refractivity contribution in [3.05, 3.63) is 64.8 Å². The maximum Gasteiger partial charge on any atom is 0.276 e. The van der Waals surface area contributed by atoms with Gasteiger partial charge in [0.05, 0.1) is 24.9 Å². The van der Waals surface area contributed by atoms with E-state index in [1.165, 1.54) is 14.2 Å². The van der Waals surface area contributed by atoms with E-state index >= 15 is 0 Å². The van der Waals surface area contributed by atoms with Gasteiger partial charge in [0.1, 0.15) is 11.5 Å². The minimum absolute atomic E-state index is 0.159. The average Bonchev–Trinajstić information content (AvgIpc) is 2.71. The Morgan fingerprint density at radius 3 is 2.36 bits per heavy atom. The molecule has 7 nitrogen and oxygen atoms in total. The van der Waals surface area contributed by atoms with E-state index in [2.05, 4.69) is 20.8 Å². The molecule has 1 aromatic heterocycles. The first kappa shape index (κ1) is 19.4. The van der Waals surface area contributed by atoms with Crippen LogP contribution in [0.1, 0.15) is 16.1 Å². The molecule has 28 heavy (non-hydrogen) atoms. The Morgan fingerprint density at radius 1 is 0.964 bits per heavy atom. The molecule has 0 unspecified atom stereocenters. The highest BCUT2D eigenvalue weighted by atomic mass is 35.5. The predicted molar refractivity (Wildman–Crippen MR) is 109 cm³/mol. The van der Waals surface area contributed by atoms with Crippen molar-refractivity contribution in [1.82, 2.24) is 10.2 Å². The van der Waals surface area contributed by atoms with Crippen LogP contribution < -0.4 is 20.1 Å². The van der Waals surface area contributed by atoms with Gasteiger partial charge in [0.15, 0.2) is 11.5 Å². The number of anilines is 3. The Kier molecular flexibility index (Phi) is 5.96. The number of nitrogens with one attached hydrogen (secondary N) is 2. The number of carbonyl (C=O) groups is 1. The van der Waals surface area contributed by atoms with Crippen LogP contribution in [0, 0.1) is 6.92 Å². The third kappa shape index (κ3) is 4.32. The Labute approximate surface area is 167 Å². The summed E-state index contributed by atoms with van der Waals surface area (Å²) in [5, 5.41) is 14.3. The van der Waals surface area contributed by atoms with Gasteiger partial charge in [-0.1, -0.05) is 29.8 Å². The lowest BCUT2D eigenvalue weighted by Gasteiger charge is -2.13. The van der Waals surface area contributed by atoms with Gasteiger partial charge in [-0.05, 0) is 30.7 Å². The molecule has 0 spiro atoms. The minimum Gasteiger partial charge on any atom is -0.495 e. The number of hydrogen-bond acceptors (Lipinski definition) is 6. The second-order valence-corrected chi connectivity index (χ2v) is 6.29. The molecule has 0 aliphatic heterocycles. The van der Waals surface area contributed by atoms with E-state index in [-0.39, 0.29) is 5.69 Å². The van der Waals surface area contributed by atoms with Gasteiger partial charge in [-0.2, -0.15) is 0 Å². The summed E-state index contributed by atoms with van der Waals surface area (Å²) in [6.45, 7) is 1.99. The largest absolute Gasteiger partial charge is 0.495 e. The average molecular weight is 399 g/mol. The molecule has 0 saturated heterocycles. The summed E-state index contributed by atoms with van der Waals surface area (Å²) >= 11 is 6.08. The maximum absolute atomic E-state index is 12.5. The molecular weight excluding hydrogens is 380 g/mol. The van der Waals surface area contributed by atoms with E-state index in [9.17, 15) is 4.79 Å². The first-order valence-corrected chi connectivity index (χ1v) is 8.79. The van der Waals surface area contributed by atoms with Gasteiger partial charge < -0.3 is 20.1 Å². The van der Waals surface area contributed by atoms with Crippen molar-refractivity contribution in [2.75, 3.05) is 24.9 Å². The van der Waals surface area contributed by atoms with E-state index in [1.54, 1.807) is 24.3 Å². The van der Waals surface area contributed by atoms with Gasteiger partial charge in [0.25, 0.3) is 5.91 Å². The number of benzene rings is 2. The molecule has 0 radical (unpaired) electrons. The fraction of sp³-hybridized carbons (Fsp3) is 0.150. The van der Waals surface area contributed by atoms with Crippen LogP contribution in [-0.2, 0) is 0 Å². The van der Waals surface area contributed by atoms with Gasteiger partial charge in [0.2, 0.25) is 0 Å². The van der Waals surface area contributed by atoms with Crippen molar-refractivity contribution >= 4 is 34.7 Å². The van der Waals surface area contributed by atoms with E-state index < -0.39 is 5.91 Å². The highest BCUT2D eigenvalue weighted by molar-refractivity contribution is 6.32. The Bertz CT molecular complexity index is 993. The Balaban J connectivity index is 1.76. The van der Waals surface area contributed by atoms with Gasteiger partial charge in [-0.3, -0.25) is 4.79 Å². The normalized spacial score (nSPS) is 10.3. The number of aryl methyl sites for hydroxylation is 1. The summed E-state index contributed by atoms with van der Waals surface area (Å²) in [5.74, 6) is 0.931. The van der Waals surface area contributed by atoms with Crippen molar-refractivity contribution in [2.24, 2.45) is 0 Å². The lowest BCUT2D eigenvalue weighted by Crippen LogP contribution is -2.15. The smallest absolute Gasteiger partial charge is 0.276 e. The van der Waals surface area contributed by atoms with Crippen molar-refractivity contribution in [3.8, 4) is 11.5 Å². The molecule has 0 aliphatic rings. The van der Waals surface area contributed by atoms with Gasteiger partial charge in [-0.25, -0.2) is 0 Å². The second-order valence-electron chi connectivity index (χ2n) is 5.88. The number of aromatic nitrogens is 2. The number of hydrogen-bond donors (Lipinski definition) is 2. The van der Waals surface area contributed by atoms with Crippen LogP contribution in [0.15, 0.2) is 48.5 Å². The zero-order valence-electron chi connectivity index (χ0n) is 15.6. The maximum atomic E-state index is 12.5. The number of ether oxygens (including phenoxy) is 2. The molecular formula is C20H19ClN4O3. The number of carbonyl (C=O) groups excluding carboxylic acids is 1. The summed E-state index contributed by atoms with van der Waals surface area (Å²) in [4.78, 5) is 12.5. The summed E-state index contributed by atoms with van der Waals surface area (Å²) in [5.41, 5.74) is 2.57. The summed E-state index contributed by atoms with van der Waals surface area (Å²) in [6, 6.07) is 14.2. The third-order valence-electron chi connectivity index (χ3n) is 4.03. The fourth-order valence-corrected chi connectivity index (χ4v) is 2.75. The summed E-state index contributed by atoms with van der Waals surface area (Å²) in [6.07, 6.45) is 0. The zero-order valence-corrected chi connectivity index (χ0v) is 16.4. The van der Waals surface area contributed by atoms with Gasteiger partial charge in [-0.15, -0.1) is 10.2 Å². The van der Waals surface area contributed by atoms with Gasteiger partial charge >= 0.3 is 0 Å². The standard InChI is InChI=1S/C20H19ClN4O3/c1-12-6-4-5-7-14(12)22-19-9-8-15(24-25-19)20(26)23-16-11-17(27-2)13(21)10-18(16)28-3/h4-11H,1-3H3,(H,22,25)(H,23,26). The van der Waals surface area contributed by atoms with Crippen LogP contribution in [0.5, 0.6) is 11.5 Å². The monoisotopic (exact) mass is 398 g/mol. The molecule has 144 valence electrons. The van der Waals surface area contributed by atoms with Crippen LogP contribution in [0.3, 0.4) is 0 Å². The summed E-state index contributed by atoms with van der Waals surface area (Å²) < 4.78 is 10.4. The number of halogens is 1. The molecule has 3 rings (SSSR count). The number of methoxy groups -OCH3 is 2. The molecule has 2 aromatic carbocycles. The quantitative estimate of drug-likeness (QED) is 0.638. The number of rotatable bonds is 6. The van der Waals surface area contributed by atoms with Crippen molar-refractivity contribution in [1.29, 1.82) is 0 Å². The number of amides is 1. The molecule has 0 fully saturated rings. The molecule has 3 aromatic rings. The number of nitrogens with zero attached hydrogens (tertiary/aromatic N) is 2. The summed E-state index contributed by atoms with van der Waals surface area (Å²) in [7, 11) is 2.98. The highest BCUT2D eigenvalue weighted by Gasteiger charge is 2.15. The number of para-hydroxylation sites is 1. The fourth-order valence-electron chi connectivity index (χ4n) is 2.52. The van der Waals surface area contributed by atoms with Crippen LogP contribution in [0.4, 0.5) is 17.2 Å². The molecule has 2 N–H and O–H groups in total. The molecule has 1 heterocycles. The first-order valence-electron chi connectivity index (χ1n) is 8.41. The minimum atomic E-state index is -0.433. The Hall–Kier alpha value is -3.32. The molecule has 0 atom stereocenters. The second kappa shape index (κ2) is 8.58. The van der Waals surface area contributed by atoms with Crippen LogP contribution in [0.25, 0.3) is 0 Å². The predicted octanol–water partition coefficient (Wildman–Crippen LogP) is 4.45. The van der Waals surface area contributed by atoms with Crippen LogP contribution >= 0.6 is 11.6 Å². The van der Waals surface area contributed by atoms with E-state index in [4.69, 9.17) is 21.1 Å². The third-order valence-corrected chi connectivity index (χ3v) is 4.32. The van der Waals surface area contributed by atoms with Gasteiger partial charge in [0, 0.05) is 17.8 Å². The van der Waals surface area contributed by atoms with E-state index in [1.807, 2.05) is 31.2 Å². The lowest BCUT2D eigenvalue weighted by atomic mass is 10.2. The van der Waals surface area contributed by atoms with Crippen molar-refractivity contribution in [2.45, 2.75) is 6.92 Å². The lowest BCUT2D eigenvalue weighted by molar-refractivity contribution is 0.102. The zero-order chi connectivity index (χ0) is 20.1. The molecule has 0 bridgehead atoms. The molecule has 8 heteroatoms. The SMILES string of the molecule is COc1cc(NC(=O)c2ccc(Nc3ccccc3C)nn2)c(OC)cc1Cl. The Morgan fingerprint density at radius 2 is 1.71 bits per heavy atom. The van der Waals surface area contributed by atoms with E-state index in [0.717, 1.165) is 11.3 Å². The molecule has 0 saturated carbocycles. The van der Waals surface area contributed by atoms with Crippen molar-refractivity contribution < 1.29 is 14.3 Å². The first-order chi connectivity index (χ1) is 13.5. The van der Waals surface area contributed by atoms with Crippen LogP contribution in [0.2, 0.25) is 5.02 Å². The van der Waals surface area contributed by atoms with Crippen molar-refractivity contribution in [3.63, 3.8) is 0 Å². The molecule has 0 aliphatic carbocycles. The van der Waals surface area contributed by atoms with E-state index in [0.29, 0.717) is 28.0 Å². The topological polar surface area (TPSA) is 85.4 Å².